The van der Waals surface area contributed by atoms with Crippen molar-refractivity contribution < 1.29 is 9.72 Å². The lowest BCUT2D eigenvalue weighted by Gasteiger charge is -2.33. The molecule has 0 atom stereocenters. The van der Waals surface area contributed by atoms with Crippen LogP contribution in [0.1, 0.15) is 35.2 Å². The standard InChI is InChI=1S/C15H21N3O3/c1-11-8-15(18(20)21)14(9-13(11)10-19)17-6-3-12(2-5-16)4-7-17/h8-10,12H,2-7,16H2,1H3. The molecule has 114 valence electrons. The molecule has 0 spiro atoms. The fraction of sp³-hybridized carbons (Fsp3) is 0.533. The number of carbonyl (C=O) groups excluding carboxylic acids is 1. The highest BCUT2D eigenvalue weighted by atomic mass is 16.6. The van der Waals surface area contributed by atoms with Crippen molar-refractivity contribution >= 4 is 17.7 Å². The summed E-state index contributed by atoms with van der Waals surface area (Å²) < 4.78 is 0. The van der Waals surface area contributed by atoms with E-state index in [4.69, 9.17) is 5.73 Å². The van der Waals surface area contributed by atoms with Crippen LogP contribution in [0.3, 0.4) is 0 Å². The van der Waals surface area contributed by atoms with E-state index in [0.717, 1.165) is 38.6 Å². The Morgan fingerprint density at radius 1 is 1.43 bits per heavy atom. The molecule has 0 bridgehead atoms. The molecule has 1 heterocycles. The molecule has 1 aromatic carbocycles. The van der Waals surface area contributed by atoms with Gasteiger partial charge in [-0.05, 0) is 50.3 Å². The number of piperidine rings is 1. The van der Waals surface area contributed by atoms with Gasteiger partial charge in [-0.25, -0.2) is 0 Å². The largest absolute Gasteiger partial charge is 0.366 e. The number of nitrogens with two attached hydrogens (primary N) is 1. The van der Waals surface area contributed by atoms with Crippen LogP contribution in [0.4, 0.5) is 11.4 Å². The molecular weight excluding hydrogens is 270 g/mol. The van der Waals surface area contributed by atoms with Crippen LogP contribution in [0.5, 0.6) is 0 Å². The van der Waals surface area contributed by atoms with E-state index in [0.29, 0.717) is 29.3 Å². The second-order valence-corrected chi connectivity index (χ2v) is 5.58. The van der Waals surface area contributed by atoms with E-state index in [-0.39, 0.29) is 10.6 Å². The SMILES string of the molecule is Cc1cc([N+](=O)[O-])c(N2CCC(CCN)CC2)cc1C=O. The summed E-state index contributed by atoms with van der Waals surface area (Å²) in [6, 6.07) is 3.13. The van der Waals surface area contributed by atoms with Crippen molar-refractivity contribution in [3.63, 3.8) is 0 Å². The molecule has 2 N–H and O–H groups in total. The molecule has 0 aromatic heterocycles. The van der Waals surface area contributed by atoms with Gasteiger partial charge in [0.2, 0.25) is 0 Å². The number of benzene rings is 1. The molecule has 6 nitrogen and oxygen atoms in total. The summed E-state index contributed by atoms with van der Waals surface area (Å²) in [4.78, 5) is 24.0. The van der Waals surface area contributed by atoms with Gasteiger partial charge in [-0.1, -0.05) is 0 Å². The average molecular weight is 291 g/mol. The fourth-order valence-corrected chi connectivity index (χ4v) is 2.92. The fourth-order valence-electron chi connectivity index (χ4n) is 2.92. The number of carbonyl (C=O) groups is 1. The minimum absolute atomic E-state index is 0.0791. The monoisotopic (exact) mass is 291 g/mol. The number of hydrogen-bond acceptors (Lipinski definition) is 5. The molecule has 1 aliphatic heterocycles. The summed E-state index contributed by atoms with van der Waals surface area (Å²) in [5.74, 6) is 0.598. The molecule has 1 aliphatic rings. The Labute approximate surface area is 124 Å². The number of anilines is 1. The number of aryl methyl sites for hydroxylation is 1. The van der Waals surface area contributed by atoms with Crippen LogP contribution in [-0.2, 0) is 0 Å². The zero-order chi connectivity index (χ0) is 15.4. The van der Waals surface area contributed by atoms with Gasteiger partial charge in [-0.2, -0.15) is 0 Å². The van der Waals surface area contributed by atoms with Crippen LogP contribution in [0.15, 0.2) is 12.1 Å². The van der Waals surface area contributed by atoms with E-state index < -0.39 is 0 Å². The van der Waals surface area contributed by atoms with Gasteiger partial charge in [0.15, 0.2) is 0 Å². The maximum absolute atomic E-state index is 11.3. The second kappa shape index (κ2) is 6.67. The van der Waals surface area contributed by atoms with Crippen molar-refractivity contribution in [2.75, 3.05) is 24.5 Å². The average Bonchev–Trinajstić information content (AvgIpc) is 2.48. The van der Waals surface area contributed by atoms with Crippen LogP contribution in [0.2, 0.25) is 0 Å². The quantitative estimate of drug-likeness (QED) is 0.510. The first-order valence-corrected chi connectivity index (χ1v) is 7.26. The zero-order valence-corrected chi connectivity index (χ0v) is 12.2. The number of nitro benzene ring substituents is 1. The van der Waals surface area contributed by atoms with Crippen molar-refractivity contribution in [1.29, 1.82) is 0 Å². The molecule has 0 amide bonds. The van der Waals surface area contributed by atoms with Gasteiger partial charge in [0.25, 0.3) is 5.69 Å². The predicted octanol–water partition coefficient (Wildman–Crippen LogP) is 2.28. The number of hydrogen-bond donors (Lipinski definition) is 1. The van der Waals surface area contributed by atoms with E-state index in [1.54, 1.807) is 13.0 Å². The lowest BCUT2D eigenvalue weighted by atomic mass is 9.93. The van der Waals surface area contributed by atoms with Gasteiger partial charge < -0.3 is 10.6 Å². The summed E-state index contributed by atoms with van der Waals surface area (Å²) in [5.41, 5.74) is 7.37. The van der Waals surface area contributed by atoms with Gasteiger partial charge in [0, 0.05) is 24.7 Å². The summed E-state index contributed by atoms with van der Waals surface area (Å²) in [7, 11) is 0. The minimum Gasteiger partial charge on any atom is -0.366 e. The maximum atomic E-state index is 11.3. The molecular formula is C15H21N3O3. The van der Waals surface area contributed by atoms with Crippen LogP contribution in [0, 0.1) is 23.0 Å². The van der Waals surface area contributed by atoms with Crippen molar-refractivity contribution in [3.8, 4) is 0 Å². The van der Waals surface area contributed by atoms with Crippen molar-refractivity contribution in [2.45, 2.75) is 26.2 Å². The third-order valence-corrected chi connectivity index (χ3v) is 4.22. The molecule has 1 fully saturated rings. The molecule has 0 unspecified atom stereocenters. The Balaban J connectivity index is 2.26. The highest BCUT2D eigenvalue weighted by Gasteiger charge is 2.25. The molecule has 0 radical (unpaired) electrons. The predicted molar refractivity (Wildman–Crippen MR) is 81.8 cm³/mol. The zero-order valence-electron chi connectivity index (χ0n) is 12.2. The number of nitrogens with zero attached hydrogens (tertiary/aromatic N) is 2. The Morgan fingerprint density at radius 3 is 2.62 bits per heavy atom. The van der Waals surface area contributed by atoms with E-state index in [1.165, 1.54) is 6.07 Å². The maximum Gasteiger partial charge on any atom is 0.292 e. The first kappa shape index (κ1) is 15.4. The second-order valence-electron chi connectivity index (χ2n) is 5.58. The van der Waals surface area contributed by atoms with Crippen molar-refractivity contribution in [1.82, 2.24) is 0 Å². The van der Waals surface area contributed by atoms with Gasteiger partial charge in [-0.3, -0.25) is 14.9 Å². The van der Waals surface area contributed by atoms with Crippen LogP contribution in [-0.4, -0.2) is 30.8 Å². The molecule has 0 aliphatic carbocycles. The van der Waals surface area contributed by atoms with Gasteiger partial charge >= 0.3 is 0 Å². The molecule has 2 rings (SSSR count). The third kappa shape index (κ3) is 3.39. The highest BCUT2D eigenvalue weighted by molar-refractivity contribution is 5.82. The third-order valence-electron chi connectivity index (χ3n) is 4.22. The summed E-state index contributed by atoms with van der Waals surface area (Å²) >= 11 is 0. The number of nitro groups is 1. The van der Waals surface area contributed by atoms with Crippen molar-refractivity contribution in [3.05, 3.63) is 33.4 Å². The Bertz CT molecular complexity index is 537. The topological polar surface area (TPSA) is 89.5 Å². The molecule has 0 saturated carbocycles. The highest BCUT2D eigenvalue weighted by Crippen LogP contribution is 2.34. The van der Waals surface area contributed by atoms with Crippen LogP contribution < -0.4 is 10.6 Å². The Morgan fingerprint density at radius 2 is 2.10 bits per heavy atom. The van der Waals surface area contributed by atoms with Gasteiger partial charge in [0.05, 0.1) is 4.92 Å². The Hall–Kier alpha value is -1.95. The lowest BCUT2D eigenvalue weighted by molar-refractivity contribution is -0.384. The lowest BCUT2D eigenvalue weighted by Crippen LogP contribution is -2.34. The smallest absolute Gasteiger partial charge is 0.292 e. The van der Waals surface area contributed by atoms with Crippen molar-refractivity contribution in [2.24, 2.45) is 11.7 Å². The summed E-state index contributed by atoms with van der Waals surface area (Å²) in [5, 5.41) is 11.3. The van der Waals surface area contributed by atoms with E-state index in [9.17, 15) is 14.9 Å². The number of aldehydes is 1. The molecule has 21 heavy (non-hydrogen) atoms. The van der Waals surface area contributed by atoms with Gasteiger partial charge in [0.1, 0.15) is 12.0 Å². The summed E-state index contributed by atoms with van der Waals surface area (Å²) in [6.07, 6.45) is 3.73. The van der Waals surface area contributed by atoms with E-state index >= 15 is 0 Å². The minimum atomic E-state index is -0.372. The van der Waals surface area contributed by atoms with Gasteiger partial charge in [-0.15, -0.1) is 0 Å². The first-order chi connectivity index (χ1) is 10.1. The van der Waals surface area contributed by atoms with E-state index in [1.807, 2.05) is 4.90 Å². The number of rotatable bonds is 5. The molecule has 1 saturated heterocycles. The summed E-state index contributed by atoms with van der Waals surface area (Å²) in [6.45, 7) is 3.94. The normalized spacial score (nSPS) is 16.0. The van der Waals surface area contributed by atoms with Crippen LogP contribution in [0.25, 0.3) is 0 Å². The molecule has 1 aromatic rings. The van der Waals surface area contributed by atoms with Crippen LogP contribution >= 0.6 is 0 Å². The molecule has 6 heteroatoms. The Kier molecular flexibility index (Phi) is 4.90. The first-order valence-electron chi connectivity index (χ1n) is 7.26. The van der Waals surface area contributed by atoms with E-state index in [2.05, 4.69) is 0 Å².